The van der Waals surface area contributed by atoms with Gasteiger partial charge < -0.3 is 15.1 Å². The van der Waals surface area contributed by atoms with E-state index in [0.717, 1.165) is 10.2 Å². The van der Waals surface area contributed by atoms with Crippen LogP contribution in [0.3, 0.4) is 0 Å². The number of aromatic nitrogens is 1. The Morgan fingerprint density at radius 1 is 1.20 bits per heavy atom. The van der Waals surface area contributed by atoms with Crippen LogP contribution in [-0.2, 0) is 4.79 Å². The first-order valence-electron chi connectivity index (χ1n) is 8.32. The molecule has 1 aliphatic heterocycles. The van der Waals surface area contributed by atoms with Crippen LogP contribution in [0.15, 0.2) is 24.3 Å². The summed E-state index contributed by atoms with van der Waals surface area (Å²) in [6, 6.07) is 7.59. The Morgan fingerprint density at radius 3 is 2.52 bits per heavy atom. The zero-order valence-electron chi connectivity index (χ0n) is 14.7. The summed E-state index contributed by atoms with van der Waals surface area (Å²) in [6.07, 6.45) is 0. The minimum Gasteiger partial charge on any atom is -0.331 e. The molecule has 1 unspecified atom stereocenters. The number of carbonyl (C=O) groups excluding carboxylic acids is 2. The van der Waals surface area contributed by atoms with Crippen LogP contribution in [-0.4, -0.2) is 77.9 Å². The van der Waals surface area contributed by atoms with E-state index in [-0.39, 0.29) is 18.0 Å². The van der Waals surface area contributed by atoms with Crippen LogP contribution in [0.4, 0.5) is 9.93 Å². The van der Waals surface area contributed by atoms with Gasteiger partial charge in [-0.05, 0) is 19.1 Å². The summed E-state index contributed by atoms with van der Waals surface area (Å²) in [6.45, 7) is 4.54. The molecule has 0 saturated carbocycles. The van der Waals surface area contributed by atoms with Gasteiger partial charge in [-0.3, -0.25) is 9.69 Å². The maximum Gasteiger partial charge on any atom is 0.319 e. The lowest BCUT2D eigenvalue weighted by atomic mass is 10.2. The predicted molar refractivity (Wildman–Crippen MR) is 99.9 cm³/mol. The zero-order valence-corrected chi connectivity index (χ0v) is 15.5. The van der Waals surface area contributed by atoms with E-state index in [9.17, 15) is 9.59 Å². The van der Waals surface area contributed by atoms with Crippen molar-refractivity contribution in [2.75, 3.05) is 45.6 Å². The van der Waals surface area contributed by atoms with E-state index in [1.165, 1.54) is 11.3 Å². The smallest absolute Gasteiger partial charge is 0.319 e. The van der Waals surface area contributed by atoms with Crippen molar-refractivity contribution in [3.8, 4) is 0 Å². The molecule has 7 nitrogen and oxygen atoms in total. The third-order valence-corrected chi connectivity index (χ3v) is 5.37. The van der Waals surface area contributed by atoms with Crippen molar-refractivity contribution < 1.29 is 9.59 Å². The Labute approximate surface area is 151 Å². The standard InChI is InChI=1S/C17H23N5O2S/c1-12(21-8-10-22(11-9-21)17(24)20(2)3)15(23)19-16-18-13-6-4-5-7-14(13)25-16/h4-7,12H,8-11H2,1-3H3,(H,18,19,23). The summed E-state index contributed by atoms with van der Waals surface area (Å²) in [7, 11) is 3.51. The Morgan fingerprint density at radius 2 is 1.88 bits per heavy atom. The number of thiazole rings is 1. The van der Waals surface area contributed by atoms with Crippen molar-refractivity contribution in [1.82, 2.24) is 19.7 Å². The number of nitrogens with one attached hydrogen (secondary N) is 1. The van der Waals surface area contributed by atoms with Gasteiger partial charge in [0.2, 0.25) is 5.91 Å². The lowest BCUT2D eigenvalue weighted by Crippen LogP contribution is -2.55. The zero-order chi connectivity index (χ0) is 18.0. The normalized spacial score (nSPS) is 16.7. The van der Waals surface area contributed by atoms with E-state index in [4.69, 9.17) is 0 Å². The maximum atomic E-state index is 12.5. The number of anilines is 1. The molecule has 3 rings (SSSR count). The highest BCUT2D eigenvalue weighted by molar-refractivity contribution is 7.22. The van der Waals surface area contributed by atoms with Gasteiger partial charge in [-0.25, -0.2) is 9.78 Å². The first-order valence-corrected chi connectivity index (χ1v) is 9.14. The van der Waals surface area contributed by atoms with Crippen LogP contribution in [0.2, 0.25) is 0 Å². The van der Waals surface area contributed by atoms with Crippen molar-refractivity contribution in [2.45, 2.75) is 13.0 Å². The number of hydrogen-bond donors (Lipinski definition) is 1. The molecule has 25 heavy (non-hydrogen) atoms. The summed E-state index contributed by atoms with van der Waals surface area (Å²) >= 11 is 1.48. The molecular weight excluding hydrogens is 338 g/mol. The molecule has 1 aliphatic rings. The van der Waals surface area contributed by atoms with E-state index >= 15 is 0 Å². The molecule has 2 aromatic rings. The predicted octanol–water partition coefficient (Wildman–Crippen LogP) is 1.92. The highest BCUT2D eigenvalue weighted by Gasteiger charge is 2.28. The second-order valence-electron chi connectivity index (χ2n) is 6.35. The van der Waals surface area contributed by atoms with Gasteiger partial charge >= 0.3 is 6.03 Å². The minimum absolute atomic E-state index is 0.0197. The van der Waals surface area contributed by atoms with Gasteiger partial charge in [0.25, 0.3) is 0 Å². The summed E-state index contributed by atoms with van der Waals surface area (Å²) < 4.78 is 1.06. The second-order valence-corrected chi connectivity index (χ2v) is 7.38. The number of amides is 3. The SMILES string of the molecule is CC(C(=O)Nc1nc2ccccc2s1)N1CCN(C(=O)N(C)C)CC1. The molecule has 1 fully saturated rings. The van der Waals surface area contributed by atoms with Gasteiger partial charge in [-0.1, -0.05) is 23.5 Å². The maximum absolute atomic E-state index is 12.5. The molecule has 0 bridgehead atoms. The molecule has 0 aliphatic carbocycles. The lowest BCUT2D eigenvalue weighted by molar-refractivity contribution is -0.121. The molecule has 134 valence electrons. The fourth-order valence-electron chi connectivity index (χ4n) is 2.88. The molecule has 0 radical (unpaired) electrons. The van der Waals surface area contributed by atoms with Crippen LogP contribution in [0.5, 0.6) is 0 Å². The van der Waals surface area contributed by atoms with E-state index < -0.39 is 0 Å². The Bertz CT molecular complexity index is 734. The largest absolute Gasteiger partial charge is 0.331 e. The highest BCUT2D eigenvalue weighted by atomic mass is 32.1. The summed E-state index contributed by atoms with van der Waals surface area (Å²) in [4.78, 5) is 34.5. The number of carbonyl (C=O) groups is 2. The summed E-state index contributed by atoms with van der Waals surface area (Å²) in [5.74, 6) is -0.0635. The molecule has 1 aromatic carbocycles. The van der Waals surface area contributed by atoms with Gasteiger partial charge in [-0.2, -0.15) is 0 Å². The van der Waals surface area contributed by atoms with E-state index in [0.29, 0.717) is 31.3 Å². The fraction of sp³-hybridized carbons (Fsp3) is 0.471. The molecule has 3 amide bonds. The van der Waals surface area contributed by atoms with Crippen LogP contribution >= 0.6 is 11.3 Å². The third kappa shape index (κ3) is 3.91. The van der Waals surface area contributed by atoms with E-state index in [1.807, 2.05) is 36.1 Å². The van der Waals surface area contributed by atoms with Gasteiger partial charge in [0.1, 0.15) is 0 Å². The number of nitrogens with zero attached hydrogens (tertiary/aromatic N) is 4. The number of urea groups is 1. The van der Waals surface area contributed by atoms with Crippen molar-refractivity contribution in [3.63, 3.8) is 0 Å². The van der Waals surface area contributed by atoms with Gasteiger partial charge in [0.05, 0.1) is 16.3 Å². The Balaban J connectivity index is 1.57. The number of rotatable bonds is 3. The van der Waals surface area contributed by atoms with Crippen LogP contribution in [0, 0.1) is 0 Å². The molecule has 0 spiro atoms. The van der Waals surface area contributed by atoms with E-state index in [2.05, 4.69) is 15.2 Å². The van der Waals surface area contributed by atoms with Gasteiger partial charge in [0.15, 0.2) is 5.13 Å². The van der Waals surface area contributed by atoms with Crippen LogP contribution in [0.25, 0.3) is 10.2 Å². The van der Waals surface area contributed by atoms with Crippen molar-refractivity contribution >= 4 is 38.6 Å². The Kier molecular flexibility index (Phi) is 5.19. The Hall–Kier alpha value is -2.19. The first-order chi connectivity index (χ1) is 12.0. The molecule has 1 aromatic heterocycles. The van der Waals surface area contributed by atoms with Crippen molar-refractivity contribution in [1.29, 1.82) is 0 Å². The fourth-order valence-corrected chi connectivity index (χ4v) is 3.75. The van der Waals surface area contributed by atoms with Crippen molar-refractivity contribution in [2.24, 2.45) is 0 Å². The van der Waals surface area contributed by atoms with Gasteiger partial charge in [-0.15, -0.1) is 0 Å². The number of para-hydroxylation sites is 1. The number of hydrogen-bond acceptors (Lipinski definition) is 5. The molecule has 8 heteroatoms. The average molecular weight is 361 g/mol. The minimum atomic E-state index is -0.261. The lowest BCUT2D eigenvalue weighted by Gasteiger charge is -2.38. The monoisotopic (exact) mass is 361 g/mol. The van der Waals surface area contributed by atoms with Crippen molar-refractivity contribution in [3.05, 3.63) is 24.3 Å². The molecular formula is C17H23N5O2S. The molecule has 1 saturated heterocycles. The van der Waals surface area contributed by atoms with Gasteiger partial charge in [0, 0.05) is 40.3 Å². The first kappa shape index (κ1) is 17.6. The average Bonchev–Trinajstić information content (AvgIpc) is 3.02. The summed E-state index contributed by atoms with van der Waals surface area (Å²) in [5, 5.41) is 3.54. The van der Waals surface area contributed by atoms with Crippen LogP contribution in [0.1, 0.15) is 6.92 Å². The third-order valence-electron chi connectivity index (χ3n) is 4.42. The number of fused-ring (bicyclic) bond motifs is 1. The highest BCUT2D eigenvalue weighted by Crippen LogP contribution is 2.25. The molecule has 2 heterocycles. The quantitative estimate of drug-likeness (QED) is 0.907. The molecule has 1 atom stereocenters. The van der Waals surface area contributed by atoms with Crippen LogP contribution < -0.4 is 5.32 Å². The topological polar surface area (TPSA) is 68.8 Å². The summed E-state index contributed by atoms with van der Waals surface area (Å²) in [5.41, 5.74) is 0.895. The second kappa shape index (κ2) is 7.37. The molecule has 1 N–H and O–H groups in total. The number of piperazine rings is 1. The van der Waals surface area contributed by atoms with E-state index in [1.54, 1.807) is 19.0 Å². The number of benzene rings is 1.